The first-order valence-corrected chi connectivity index (χ1v) is 14.2. The number of imide groups is 1. The lowest BCUT2D eigenvalue weighted by Crippen LogP contribution is -2.47. The van der Waals surface area contributed by atoms with E-state index in [0.717, 1.165) is 38.1 Å². The quantitative estimate of drug-likeness (QED) is 0.472. The fraction of sp³-hybridized carbons (Fsp3) is 0.538. The highest BCUT2D eigenvalue weighted by atomic mass is 32.2. The van der Waals surface area contributed by atoms with E-state index in [1.807, 2.05) is 19.9 Å². The zero-order chi connectivity index (χ0) is 26.3. The number of aliphatic carboxylic acids is 1. The number of aromatic amines is 1. The third-order valence-electron chi connectivity index (χ3n) is 8.61. The van der Waals surface area contributed by atoms with Gasteiger partial charge in [0.25, 0.3) is 0 Å². The minimum atomic E-state index is -1.16. The van der Waals surface area contributed by atoms with E-state index in [1.165, 1.54) is 7.11 Å². The number of carbonyl (C=O) groups is 3. The van der Waals surface area contributed by atoms with Gasteiger partial charge in [-0.25, -0.2) is 4.79 Å². The highest BCUT2D eigenvalue weighted by Gasteiger charge is 2.70. The Morgan fingerprint density at radius 1 is 1.19 bits per heavy atom. The summed E-state index contributed by atoms with van der Waals surface area (Å²) in [5.74, 6) is -3.02. The molecule has 1 aromatic heterocycles. The van der Waals surface area contributed by atoms with Crippen LogP contribution < -0.4 is 9.61 Å². The first-order valence-electron chi connectivity index (χ1n) is 12.5. The van der Waals surface area contributed by atoms with Crippen LogP contribution in [0.5, 0.6) is 11.5 Å². The van der Waals surface area contributed by atoms with Gasteiger partial charge in [-0.2, -0.15) is 0 Å². The first kappa shape index (κ1) is 24.5. The monoisotopic (exact) mass is 544 g/mol. The number of hydrogen-bond donors (Lipinski definition) is 3. The maximum absolute atomic E-state index is 13.8. The Morgan fingerprint density at radius 3 is 2.54 bits per heavy atom. The molecule has 0 spiro atoms. The summed E-state index contributed by atoms with van der Waals surface area (Å²) in [6.45, 7) is 3.76. The minimum absolute atomic E-state index is 0.00104. The summed E-state index contributed by atoms with van der Waals surface area (Å²) in [7, 11) is 1.48. The van der Waals surface area contributed by atoms with Crippen LogP contribution >= 0.6 is 23.1 Å². The van der Waals surface area contributed by atoms with Crippen LogP contribution in [-0.2, 0) is 14.4 Å². The molecule has 2 aromatic rings. The average molecular weight is 545 g/mol. The van der Waals surface area contributed by atoms with E-state index in [2.05, 4.69) is 4.98 Å². The number of methoxy groups -OCH3 is 1. The van der Waals surface area contributed by atoms with Crippen LogP contribution in [0.3, 0.4) is 0 Å². The Kier molecular flexibility index (Phi) is 5.72. The molecule has 6 rings (SSSR count). The number of amides is 2. The summed E-state index contributed by atoms with van der Waals surface area (Å²) >= 11 is 2.73. The lowest BCUT2D eigenvalue weighted by atomic mass is 9.68. The molecule has 2 aliphatic heterocycles. The molecule has 11 heteroatoms. The van der Waals surface area contributed by atoms with Gasteiger partial charge in [-0.05, 0) is 54.2 Å². The van der Waals surface area contributed by atoms with Crippen LogP contribution in [0.15, 0.2) is 28.0 Å². The van der Waals surface area contributed by atoms with Crippen LogP contribution in [-0.4, -0.2) is 56.3 Å². The average Bonchev–Trinajstić information content (AvgIpc) is 3.57. The number of H-pyrrole nitrogens is 1. The zero-order valence-electron chi connectivity index (χ0n) is 20.5. The number of nitrogens with zero attached hydrogens (tertiary/aromatic N) is 1. The number of phenols is 1. The number of carboxylic acid groups (broad SMARTS) is 1. The molecule has 196 valence electrons. The maximum Gasteiger partial charge on any atom is 0.326 e. The molecule has 3 N–H and O–H groups in total. The summed E-state index contributed by atoms with van der Waals surface area (Å²) in [6.07, 6.45) is 0.938. The van der Waals surface area contributed by atoms with Crippen LogP contribution in [0.1, 0.15) is 43.0 Å². The van der Waals surface area contributed by atoms with Crippen LogP contribution in [0.2, 0.25) is 0 Å². The van der Waals surface area contributed by atoms with E-state index in [0.29, 0.717) is 5.75 Å². The Balaban J connectivity index is 1.43. The fourth-order valence-corrected chi connectivity index (χ4v) is 10.3. The van der Waals surface area contributed by atoms with Crippen molar-refractivity contribution < 1.29 is 29.3 Å². The summed E-state index contributed by atoms with van der Waals surface area (Å²) in [5.41, 5.74) is 0.877. The number of thioether (sulfide) groups is 1. The maximum atomic E-state index is 13.8. The van der Waals surface area contributed by atoms with Crippen molar-refractivity contribution in [2.75, 3.05) is 7.11 Å². The number of rotatable bonds is 6. The van der Waals surface area contributed by atoms with Crippen molar-refractivity contribution in [3.63, 3.8) is 0 Å². The van der Waals surface area contributed by atoms with Crippen LogP contribution in [0, 0.1) is 35.5 Å². The zero-order valence-corrected chi connectivity index (χ0v) is 22.2. The van der Waals surface area contributed by atoms with Crippen molar-refractivity contribution in [3.8, 4) is 11.5 Å². The van der Waals surface area contributed by atoms with Gasteiger partial charge in [-0.3, -0.25) is 19.3 Å². The van der Waals surface area contributed by atoms with E-state index in [-0.39, 0.29) is 63.7 Å². The number of aromatic hydroxyl groups is 1. The van der Waals surface area contributed by atoms with Gasteiger partial charge in [0.1, 0.15) is 6.04 Å². The van der Waals surface area contributed by atoms with E-state index < -0.39 is 23.8 Å². The van der Waals surface area contributed by atoms with Crippen LogP contribution in [0.25, 0.3) is 0 Å². The molecule has 9 nitrogen and oxygen atoms in total. The number of nitrogens with one attached hydrogen (secondary N) is 1. The highest BCUT2D eigenvalue weighted by molar-refractivity contribution is 8.00. The molecule has 2 saturated carbocycles. The summed E-state index contributed by atoms with van der Waals surface area (Å²) in [5, 5.41) is 20.9. The van der Waals surface area contributed by atoms with Gasteiger partial charge in [0.15, 0.2) is 11.5 Å². The molecule has 4 aliphatic rings. The predicted octanol–water partition coefficient (Wildman–Crippen LogP) is 3.12. The standard InChI is InChI=1S/C26H28N2O7S2/c1-9(2)6-13(25(32)33)28-23(30)18-11-8-12(19(18)24(28)31)20-17(11)16(21-22(36-20)27-26(34)37-21)10-4-5-14(29)15(7-10)35-3/h4-5,7,9,11-13,16-20,29H,6,8H2,1-3H3,(H,27,34)(H,32,33)/t11-,12+,13-,16+,17-,18+,19-,20-/m1/s1. The van der Waals surface area contributed by atoms with Crippen molar-refractivity contribution in [3.05, 3.63) is 38.3 Å². The summed E-state index contributed by atoms with van der Waals surface area (Å²) in [6, 6.07) is 4.02. The Labute approximate surface area is 221 Å². The number of thiazole rings is 1. The highest BCUT2D eigenvalue weighted by Crippen LogP contribution is 2.68. The molecule has 2 amide bonds. The minimum Gasteiger partial charge on any atom is -0.504 e. The van der Waals surface area contributed by atoms with Gasteiger partial charge in [-0.15, -0.1) is 11.8 Å². The second kappa shape index (κ2) is 8.62. The van der Waals surface area contributed by atoms with Crippen molar-refractivity contribution in [1.29, 1.82) is 0 Å². The van der Waals surface area contributed by atoms with E-state index in [1.54, 1.807) is 23.9 Å². The number of phenolic OH excluding ortho intramolecular Hbond substituents is 1. The van der Waals surface area contributed by atoms with Gasteiger partial charge >= 0.3 is 10.8 Å². The number of hydrogen-bond acceptors (Lipinski definition) is 8. The van der Waals surface area contributed by atoms with Crippen molar-refractivity contribution >= 4 is 40.9 Å². The summed E-state index contributed by atoms with van der Waals surface area (Å²) < 4.78 is 5.36. The second-order valence-electron chi connectivity index (χ2n) is 10.9. The lowest BCUT2D eigenvalue weighted by Gasteiger charge is -2.43. The third-order valence-corrected chi connectivity index (χ3v) is 11.2. The number of aromatic nitrogens is 1. The van der Waals surface area contributed by atoms with Crippen LogP contribution in [0.4, 0.5) is 0 Å². The van der Waals surface area contributed by atoms with E-state index >= 15 is 0 Å². The van der Waals surface area contributed by atoms with Crippen molar-refractivity contribution in [2.24, 2.45) is 35.5 Å². The van der Waals surface area contributed by atoms with Gasteiger partial charge in [-0.1, -0.05) is 31.3 Å². The molecule has 2 bridgehead atoms. The Morgan fingerprint density at radius 2 is 1.89 bits per heavy atom. The van der Waals surface area contributed by atoms with Crippen molar-refractivity contribution in [2.45, 2.75) is 48.9 Å². The van der Waals surface area contributed by atoms with Gasteiger partial charge < -0.3 is 19.9 Å². The number of carboxylic acids is 1. The van der Waals surface area contributed by atoms with Gasteiger partial charge in [0.2, 0.25) is 11.8 Å². The molecule has 1 saturated heterocycles. The molecular weight excluding hydrogens is 516 g/mol. The summed E-state index contributed by atoms with van der Waals surface area (Å²) in [4.78, 5) is 56.7. The molecule has 3 heterocycles. The third kappa shape index (κ3) is 3.49. The predicted molar refractivity (Wildman–Crippen MR) is 136 cm³/mol. The number of carbonyl (C=O) groups excluding carboxylic acids is 2. The Hall–Kier alpha value is -2.79. The molecule has 0 unspecified atom stereocenters. The SMILES string of the molecule is COc1cc([C@@H]2c3sc(=O)[nH]c3S[C@@H]3[C@H]4C[C@@H]([C@@H]5C(=O)N([C@H](CC(C)C)C(=O)O)C(=O)[C@H]45)[C@H]23)ccc1O. The molecule has 3 fully saturated rings. The van der Waals surface area contributed by atoms with Gasteiger partial charge in [0.05, 0.1) is 24.0 Å². The van der Waals surface area contributed by atoms with E-state index in [9.17, 15) is 29.4 Å². The molecule has 37 heavy (non-hydrogen) atoms. The first-order chi connectivity index (χ1) is 17.6. The normalized spacial score (nSPS) is 32.4. The molecule has 0 radical (unpaired) electrons. The molecule has 1 aromatic carbocycles. The number of ether oxygens (including phenoxy) is 1. The number of fused-ring (bicyclic) bond motifs is 9. The fourth-order valence-electron chi connectivity index (χ4n) is 7.37. The van der Waals surface area contributed by atoms with Crippen molar-refractivity contribution in [1.82, 2.24) is 9.88 Å². The molecular formula is C26H28N2O7S2. The number of likely N-dealkylation sites (tertiary alicyclic amines) is 1. The molecule has 2 aliphatic carbocycles. The lowest BCUT2D eigenvalue weighted by molar-refractivity contribution is -0.156. The van der Waals surface area contributed by atoms with Gasteiger partial charge in [0, 0.05) is 16.0 Å². The van der Waals surface area contributed by atoms with E-state index in [4.69, 9.17) is 4.74 Å². The molecule has 8 atom stereocenters. The topological polar surface area (TPSA) is 137 Å². The largest absolute Gasteiger partial charge is 0.504 e. The Bertz CT molecular complexity index is 1370. The second-order valence-corrected chi connectivity index (χ2v) is 13.1. The number of benzene rings is 1. The smallest absolute Gasteiger partial charge is 0.326 e.